The molecule has 1 aliphatic rings. The zero-order valence-corrected chi connectivity index (χ0v) is 22.0. The lowest BCUT2D eigenvalue weighted by molar-refractivity contribution is -0.110. The first kappa shape index (κ1) is 24.6. The first-order valence-corrected chi connectivity index (χ1v) is 12.9. The van der Waals surface area contributed by atoms with Crippen molar-refractivity contribution in [2.45, 2.75) is 13.8 Å². The molecule has 8 nitrogen and oxygen atoms in total. The number of nitrogens with one attached hydrogen (secondary N) is 3. The van der Waals surface area contributed by atoms with Crippen LogP contribution in [-0.4, -0.2) is 58.9 Å². The van der Waals surface area contributed by atoms with E-state index in [0.717, 1.165) is 56.7 Å². The number of rotatable bonds is 7. The van der Waals surface area contributed by atoms with Crippen LogP contribution >= 0.6 is 11.3 Å². The summed E-state index contributed by atoms with van der Waals surface area (Å²) in [6.45, 7) is 5.09. The van der Waals surface area contributed by atoms with Crippen LogP contribution in [0.3, 0.4) is 0 Å². The molecule has 0 unspecified atom stereocenters. The molecule has 0 fully saturated rings. The Labute approximate surface area is 219 Å². The number of aromatic amines is 1. The number of nitrogens with zero attached hydrogens (tertiary/aromatic N) is 3. The number of H-pyrrole nitrogens is 1. The maximum absolute atomic E-state index is 12.9. The Hall–Kier alpha value is -4.08. The Morgan fingerprint density at radius 2 is 2.00 bits per heavy atom. The van der Waals surface area contributed by atoms with Gasteiger partial charge in [-0.25, -0.2) is 4.98 Å². The van der Waals surface area contributed by atoms with Crippen LogP contribution in [0.4, 0.5) is 5.69 Å². The Morgan fingerprint density at radius 3 is 2.76 bits per heavy atom. The average Bonchev–Trinajstić information content (AvgIpc) is 3.56. The number of aryl methyl sites for hydroxylation is 1. The van der Waals surface area contributed by atoms with Gasteiger partial charge in [-0.15, -0.1) is 11.3 Å². The molecular formula is C28H28N6O2S. The predicted octanol–water partition coefficient (Wildman–Crippen LogP) is 4.60. The van der Waals surface area contributed by atoms with Crippen LogP contribution in [0.1, 0.15) is 32.9 Å². The maximum Gasteiger partial charge on any atom is 0.256 e. The lowest BCUT2D eigenvalue weighted by Crippen LogP contribution is -2.31. The van der Waals surface area contributed by atoms with Crippen LogP contribution in [-0.2, 0) is 4.79 Å². The number of fused-ring (bicyclic) bond motifs is 1. The lowest BCUT2D eigenvalue weighted by Gasteiger charge is -2.10. The molecule has 0 saturated heterocycles. The molecule has 0 saturated carbocycles. The van der Waals surface area contributed by atoms with Crippen LogP contribution in [0.15, 0.2) is 48.0 Å². The monoisotopic (exact) mass is 512 g/mol. The smallest absolute Gasteiger partial charge is 0.256 e. The summed E-state index contributed by atoms with van der Waals surface area (Å²) < 4.78 is 0. The number of carbonyl (C=O) groups excluding carboxylic acids is 2. The quantitative estimate of drug-likeness (QED) is 0.314. The number of hydrogen-bond acceptors (Lipinski definition) is 6. The second-order valence-electron chi connectivity index (χ2n) is 9.25. The number of hydrogen-bond donors (Lipinski definition) is 3. The lowest BCUT2D eigenvalue weighted by atomic mass is 10.0. The Balaban J connectivity index is 1.45. The number of likely N-dealkylation sites (N-methyl/N-ethyl adjacent to an activating group) is 1. The summed E-state index contributed by atoms with van der Waals surface area (Å²) in [6.07, 6.45) is 3.58. The fraction of sp³-hybridized carbons (Fsp3) is 0.214. The third kappa shape index (κ3) is 4.96. The minimum absolute atomic E-state index is 0.122. The first-order chi connectivity index (χ1) is 17.8. The molecule has 188 valence electrons. The van der Waals surface area contributed by atoms with Gasteiger partial charge < -0.3 is 20.5 Å². The molecule has 0 aliphatic carbocycles. The third-order valence-electron chi connectivity index (χ3n) is 6.32. The molecule has 3 aromatic heterocycles. The second-order valence-corrected chi connectivity index (χ2v) is 10.1. The number of thiazole rings is 1. The van der Waals surface area contributed by atoms with Crippen molar-refractivity contribution in [2.75, 3.05) is 32.5 Å². The Morgan fingerprint density at radius 1 is 1.16 bits per heavy atom. The van der Waals surface area contributed by atoms with E-state index in [1.165, 1.54) is 11.3 Å². The fourth-order valence-electron chi connectivity index (χ4n) is 4.39. The number of carbonyl (C=O) groups is 2. The van der Waals surface area contributed by atoms with Gasteiger partial charge in [0.15, 0.2) is 0 Å². The number of anilines is 1. The zero-order chi connectivity index (χ0) is 26.1. The van der Waals surface area contributed by atoms with Crippen LogP contribution in [0, 0.1) is 13.8 Å². The average molecular weight is 513 g/mol. The highest BCUT2D eigenvalue weighted by molar-refractivity contribution is 7.13. The molecule has 4 aromatic rings. The highest BCUT2D eigenvalue weighted by atomic mass is 32.1. The van der Waals surface area contributed by atoms with Crippen LogP contribution in [0.25, 0.3) is 33.6 Å². The molecule has 3 N–H and O–H groups in total. The number of pyridine rings is 1. The number of aromatic nitrogens is 3. The molecule has 0 bridgehead atoms. The zero-order valence-electron chi connectivity index (χ0n) is 21.2. The van der Waals surface area contributed by atoms with Gasteiger partial charge in [0.05, 0.1) is 22.5 Å². The molecule has 2 amide bonds. The van der Waals surface area contributed by atoms with Gasteiger partial charge in [0.2, 0.25) is 0 Å². The van der Waals surface area contributed by atoms with E-state index in [2.05, 4.69) is 20.6 Å². The van der Waals surface area contributed by atoms with Gasteiger partial charge in [-0.1, -0.05) is 12.1 Å². The molecule has 37 heavy (non-hydrogen) atoms. The van der Waals surface area contributed by atoms with Gasteiger partial charge in [0, 0.05) is 52.9 Å². The second kappa shape index (κ2) is 10.1. The Bertz CT molecular complexity index is 1520. The van der Waals surface area contributed by atoms with Crippen LogP contribution in [0.2, 0.25) is 0 Å². The number of amides is 2. The summed E-state index contributed by atoms with van der Waals surface area (Å²) >= 11 is 1.53. The van der Waals surface area contributed by atoms with Crippen LogP contribution < -0.4 is 10.6 Å². The van der Waals surface area contributed by atoms with E-state index in [-0.39, 0.29) is 11.8 Å². The van der Waals surface area contributed by atoms with Crippen molar-refractivity contribution in [1.29, 1.82) is 0 Å². The van der Waals surface area contributed by atoms with E-state index in [9.17, 15) is 9.59 Å². The van der Waals surface area contributed by atoms with Gasteiger partial charge in [0.25, 0.3) is 11.8 Å². The predicted molar refractivity (Wildman–Crippen MR) is 148 cm³/mol. The summed E-state index contributed by atoms with van der Waals surface area (Å²) in [5.74, 6) is -0.299. The third-order valence-corrected chi connectivity index (χ3v) is 7.19. The molecule has 5 rings (SSSR count). The van der Waals surface area contributed by atoms with E-state index >= 15 is 0 Å². The SMILES string of the molecule is Cc1[nH]c(C=C2C(=O)Nc3ccc(-c4csc(-c5ccccn5)n4)cc32)c(C)c1C(=O)NCCN(C)C. The van der Waals surface area contributed by atoms with Crippen molar-refractivity contribution in [1.82, 2.24) is 25.2 Å². The highest BCUT2D eigenvalue weighted by Crippen LogP contribution is 2.37. The summed E-state index contributed by atoms with van der Waals surface area (Å²) in [4.78, 5) is 40.2. The van der Waals surface area contributed by atoms with Crippen molar-refractivity contribution in [2.24, 2.45) is 0 Å². The summed E-state index contributed by atoms with van der Waals surface area (Å²) in [5, 5.41) is 8.76. The van der Waals surface area contributed by atoms with Crippen molar-refractivity contribution in [3.63, 3.8) is 0 Å². The molecule has 0 atom stereocenters. The molecule has 0 spiro atoms. The standard InChI is InChI=1S/C28H28N6O2S/c1-16-23(31-17(2)25(16)27(36)30-11-12-34(3)4)14-20-19-13-18(8-9-21(19)32-26(20)35)24-15-37-28(33-24)22-7-5-6-10-29-22/h5-10,13-15,31H,11-12H2,1-4H3,(H,30,36)(H,32,35). The highest BCUT2D eigenvalue weighted by Gasteiger charge is 2.26. The largest absolute Gasteiger partial charge is 0.358 e. The van der Waals surface area contributed by atoms with E-state index < -0.39 is 0 Å². The fourth-order valence-corrected chi connectivity index (χ4v) is 5.19. The summed E-state index contributed by atoms with van der Waals surface area (Å²) in [5.41, 5.74) is 7.61. The number of benzene rings is 1. The van der Waals surface area contributed by atoms with E-state index in [0.29, 0.717) is 17.7 Å². The molecule has 1 aliphatic heterocycles. The minimum atomic E-state index is -0.178. The Kier molecular flexibility index (Phi) is 6.73. The molecule has 0 radical (unpaired) electrons. The summed E-state index contributed by atoms with van der Waals surface area (Å²) in [7, 11) is 3.93. The van der Waals surface area contributed by atoms with Crippen LogP contribution in [0.5, 0.6) is 0 Å². The minimum Gasteiger partial charge on any atom is -0.358 e. The molecule has 4 heterocycles. The molecular weight excluding hydrogens is 484 g/mol. The van der Waals surface area contributed by atoms with E-state index in [1.807, 2.05) is 80.7 Å². The van der Waals surface area contributed by atoms with E-state index in [1.54, 1.807) is 6.20 Å². The topological polar surface area (TPSA) is 103 Å². The molecule has 9 heteroatoms. The van der Waals surface area contributed by atoms with Crippen molar-refractivity contribution in [3.05, 3.63) is 76.1 Å². The van der Waals surface area contributed by atoms with Crippen molar-refractivity contribution in [3.8, 4) is 22.0 Å². The normalized spacial score (nSPS) is 13.8. The summed E-state index contributed by atoms with van der Waals surface area (Å²) in [6, 6.07) is 11.6. The maximum atomic E-state index is 12.9. The van der Waals surface area contributed by atoms with E-state index in [4.69, 9.17) is 4.98 Å². The van der Waals surface area contributed by atoms with Crippen molar-refractivity contribution < 1.29 is 9.59 Å². The van der Waals surface area contributed by atoms with Gasteiger partial charge in [-0.2, -0.15) is 0 Å². The van der Waals surface area contributed by atoms with Gasteiger partial charge >= 0.3 is 0 Å². The van der Waals surface area contributed by atoms with Gasteiger partial charge in [-0.05, 0) is 63.8 Å². The first-order valence-electron chi connectivity index (χ1n) is 12.0. The molecule has 1 aromatic carbocycles. The van der Waals surface area contributed by atoms with Crippen molar-refractivity contribution >= 4 is 40.5 Å². The van der Waals surface area contributed by atoms with Gasteiger partial charge in [0.1, 0.15) is 5.01 Å². The van der Waals surface area contributed by atoms with Gasteiger partial charge in [-0.3, -0.25) is 14.6 Å².